The van der Waals surface area contributed by atoms with Crippen molar-refractivity contribution in [2.24, 2.45) is 11.8 Å². The highest BCUT2D eigenvalue weighted by Gasteiger charge is 2.40. The Hall–Kier alpha value is -1.51. The van der Waals surface area contributed by atoms with Crippen molar-refractivity contribution in [2.45, 2.75) is 51.7 Å². The molecule has 3 nitrogen and oxygen atoms in total. The van der Waals surface area contributed by atoms with Gasteiger partial charge in [0.1, 0.15) is 5.75 Å². The van der Waals surface area contributed by atoms with E-state index in [9.17, 15) is 4.79 Å². The average Bonchev–Trinajstić information content (AvgIpc) is 3.01. The van der Waals surface area contributed by atoms with Crippen LogP contribution in [-0.2, 0) is 0 Å². The number of hydrogen-bond acceptors (Lipinski definition) is 2. The van der Waals surface area contributed by atoms with Crippen molar-refractivity contribution in [3.8, 4) is 5.75 Å². The summed E-state index contributed by atoms with van der Waals surface area (Å²) in [6, 6.07) is 7.83. The molecule has 3 atom stereocenters. The molecule has 0 aliphatic heterocycles. The van der Waals surface area contributed by atoms with Gasteiger partial charge in [-0.05, 0) is 69.2 Å². The van der Waals surface area contributed by atoms with E-state index < -0.39 is 0 Å². The molecular weight excluding hydrogens is 250 g/mol. The van der Waals surface area contributed by atoms with E-state index in [1.807, 2.05) is 38.1 Å². The summed E-state index contributed by atoms with van der Waals surface area (Å²) in [6.07, 6.45) is 5.29. The Kier molecular flexibility index (Phi) is 3.68. The Morgan fingerprint density at radius 3 is 2.50 bits per heavy atom. The molecule has 1 amide bonds. The highest BCUT2D eigenvalue weighted by atomic mass is 16.5. The molecule has 3 rings (SSSR count). The Morgan fingerprint density at radius 2 is 1.95 bits per heavy atom. The van der Waals surface area contributed by atoms with E-state index in [2.05, 4.69) is 5.32 Å². The van der Waals surface area contributed by atoms with E-state index in [1.54, 1.807) is 0 Å². The summed E-state index contributed by atoms with van der Waals surface area (Å²) in [5, 5.41) is 3.21. The van der Waals surface area contributed by atoms with Gasteiger partial charge >= 0.3 is 0 Å². The maximum Gasteiger partial charge on any atom is 0.251 e. The summed E-state index contributed by atoms with van der Waals surface area (Å²) < 4.78 is 5.59. The lowest BCUT2D eigenvalue weighted by Gasteiger charge is -2.22. The zero-order valence-corrected chi connectivity index (χ0v) is 12.3. The number of benzene rings is 1. The Balaban J connectivity index is 1.59. The van der Waals surface area contributed by atoms with Crippen LogP contribution in [0.15, 0.2) is 24.3 Å². The van der Waals surface area contributed by atoms with Crippen LogP contribution in [0.2, 0.25) is 0 Å². The van der Waals surface area contributed by atoms with Crippen LogP contribution in [0.25, 0.3) is 0 Å². The number of amides is 1. The Labute approximate surface area is 120 Å². The maximum atomic E-state index is 12.3. The summed E-state index contributed by atoms with van der Waals surface area (Å²) in [5.41, 5.74) is 0.726. The van der Waals surface area contributed by atoms with E-state index in [0.29, 0.717) is 12.0 Å². The van der Waals surface area contributed by atoms with Gasteiger partial charge in [-0.2, -0.15) is 0 Å². The maximum absolute atomic E-state index is 12.3. The van der Waals surface area contributed by atoms with Gasteiger partial charge in [-0.25, -0.2) is 0 Å². The molecule has 108 valence electrons. The van der Waals surface area contributed by atoms with Gasteiger partial charge in [0.15, 0.2) is 0 Å². The lowest BCUT2D eigenvalue weighted by atomic mass is 9.95. The van der Waals surface area contributed by atoms with Gasteiger partial charge in [0.05, 0.1) is 6.10 Å². The van der Waals surface area contributed by atoms with Crippen LogP contribution in [-0.4, -0.2) is 18.1 Å². The number of hydrogen-bond donors (Lipinski definition) is 1. The normalized spacial score (nSPS) is 27.9. The lowest BCUT2D eigenvalue weighted by Crippen LogP contribution is -2.38. The predicted molar refractivity (Wildman–Crippen MR) is 78.9 cm³/mol. The van der Waals surface area contributed by atoms with E-state index >= 15 is 0 Å². The predicted octanol–water partition coefficient (Wildman–Crippen LogP) is 3.39. The summed E-state index contributed by atoms with van der Waals surface area (Å²) in [7, 11) is 0. The molecular formula is C17H23NO2. The van der Waals surface area contributed by atoms with Crippen LogP contribution < -0.4 is 10.1 Å². The van der Waals surface area contributed by atoms with Gasteiger partial charge in [0.2, 0.25) is 0 Å². The number of carbonyl (C=O) groups is 1. The molecule has 1 N–H and O–H groups in total. The number of rotatable bonds is 4. The van der Waals surface area contributed by atoms with E-state index in [-0.39, 0.29) is 12.0 Å². The number of fused-ring (bicyclic) bond motifs is 2. The zero-order valence-electron chi connectivity index (χ0n) is 12.3. The fraction of sp³-hybridized carbons (Fsp3) is 0.588. The molecule has 1 aromatic rings. The summed E-state index contributed by atoms with van der Waals surface area (Å²) in [4.78, 5) is 12.3. The van der Waals surface area contributed by atoms with Crippen LogP contribution in [0.5, 0.6) is 5.75 Å². The van der Waals surface area contributed by atoms with Crippen molar-refractivity contribution < 1.29 is 9.53 Å². The second-order valence-electron chi connectivity index (χ2n) is 6.45. The summed E-state index contributed by atoms with van der Waals surface area (Å²) in [6.45, 7) is 3.99. The third-order valence-corrected chi connectivity index (χ3v) is 4.54. The molecule has 2 aliphatic rings. The minimum atomic E-state index is 0.0543. The van der Waals surface area contributed by atoms with E-state index in [1.165, 1.54) is 25.7 Å². The second kappa shape index (κ2) is 5.47. The zero-order chi connectivity index (χ0) is 14.1. The molecule has 2 bridgehead atoms. The third-order valence-electron chi connectivity index (χ3n) is 4.54. The SMILES string of the molecule is CC(C)Oc1ccc(C(=O)N[C@H]2C[C@H]3CC[C@H]2C3)cc1. The van der Waals surface area contributed by atoms with Gasteiger partial charge in [0, 0.05) is 11.6 Å². The quantitative estimate of drug-likeness (QED) is 0.913. The Morgan fingerprint density at radius 1 is 1.20 bits per heavy atom. The first-order chi connectivity index (χ1) is 9.61. The van der Waals surface area contributed by atoms with Crippen LogP contribution >= 0.6 is 0 Å². The van der Waals surface area contributed by atoms with Gasteiger partial charge in [-0.3, -0.25) is 4.79 Å². The average molecular weight is 273 g/mol. The Bertz CT molecular complexity index is 480. The molecule has 1 aromatic carbocycles. The monoisotopic (exact) mass is 273 g/mol. The van der Waals surface area contributed by atoms with Crippen molar-refractivity contribution in [2.75, 3.05) is 0 Å². The second-order valence-corrected chi connectivity index (χ2v) is 6.45. The summed E-state index contributed by atoms with van der Waals surface area (Å²) in [5.74, 6) is 2.44. The largest absolute Gasteiger partial charge is 0.491 e. The van der Waals surface area contributed by atoms with E-state index in [4.69, 9.17) is 4.74 Å². The van der Waals surface area contributed by atoms with Crippen LogP contribution in [0.4, 0.5) is 0 Å². The molecule has 2 fully saturated rings. The third kappa shape index (κ3) is 2.82. The molecule has 2 aliphatic carbocycles. The van der Waals surface area contributed by atoms with Gasteiger partial charge in [-0.1, -0.05) is 6.42 Å². The standard InChI is InChI=1S/C17H23NO2/c1-11(2)20-15-7-5-13(6-8-15)17(19)18-16-10-12-3-4-14(16)9-12/h5-8,11-12,14,16H,3-4,9-10H2,1-2H3,(H,18,19)/t12-,14-,16-/m0/s1. The molecule has 0 aromatic heterocycles. The smallest absolute Gasteiger partial charge is 0.251 e. The fourth-order valence-corrected chi connectivity index (χ4v) is 3.63. The van der Waals surface area contributed by atoms with Gasteiger partial charge in [0.25, 0.3) is 5.91 Å². The van der Waals surface area contributed by atoms with Crippen molar-refractivity contribution >= 4 is 5.91 Å². The van der Waals surface area contributed by atoms with Crippen molar-refractivity contribution in [3.05, 3.63) is 29.8 Å². The molecule has 0 radical (unpaired) electrons. The minimum absolute atomic E-state index is 0.0543. The summed E-state index contributed by atoms with van der Waals surface area (Å²) >= 11 is 0. The van der Waals surface area contributed by atoms with Gasteiger partial charge < -0.3 is 10.1 Å². The number of carbonyl (C=O) groups excluding carboxylic acids is 1. The number of nitrogens with one attached hydrogen (secondary N) is 1. The molecule has 0 spiro atoms. The first kappa shape index (κ1) is 13.5. The van der Waals surface area contributed by atoms with Crippen LogP contribution in [0.3, 0.4) is 0 Å². The highest BCUT2D eigenvalue weighted by molar-refractivity contribution is 5.94. The molecule has 0 unspecified atom stereocenters. The molecule has 0 saturated heterocycles. The number of ether oxygens (including phenoxy) is 1. The van der Waals surface area contributed by atoms with Crippen LogP contribution in [0, 0.1) is 11.8 Å². The first-order valence-corrected chi connectivity index (χ1v) is 7.69. The topological polar surface area (TPSA) is 38.3 Å². The first-order valence-electron chi connectivity index (χ1n) is 7.69. The molecule has 0 heterocycles. The molecule has 2 saturated carbocycles. The highest BCUT2D eigenvalue weighted by Crippen LogP contribution is 2.44. The van der Waals surface area contributed by atoms with Crippen molar-refractivity contribution in [1.29, 1.82) is 0 Å². The molecule has 20 heavy (non-hydrogen) atoms. The van der Waals surface area contributed by atoms with Gasteiger partial charge in [-0.15, -0.1) is 0 Å². The van der Waals surface area contributed by atoms with E-state index in [0.717, 1.165) is 17.2 Å². The van der Waals surface area contributed by atoms with Crippen molar-refractivity contribution in [3.63, 3.8) is 0 Å². The van der Waals surface area contributed by atoms with Crippen molar-refractivity contribution in [1.82, 2.24) is 5.32 Å². The lowest BCUT2D eigenvalue weighted by molar-refractivity contribution is 0.0923. The fourth-order valence-electron chi connectivity index (χ4n) is 3.63. The van der Waals surface area contributed by atoms with Crippen LogP contribution in [0.1, 0.15) is 49.9 Å². The minimum Gasteiger partial charge on any atom is -0.491 e. The molecule has 3 heteroatoms.